The molecule has 0 spiro atoms. The Balaban J connectivity index is 3.21. The number of carbonyl (C=O) groups excluding carboxylic acids is 1. The van der Waals surface area contributed by atoms with Crippen molar-refractivity contribution in [3.63, 3.8) is 0 Å². The first kappa shape index (κ1) is 14.7. The Morgan fingerprint density at radius 1 is 1.44 bits per heavy atom. The van der Waals surface area contributed by atoms with E-state index in [4.69, 9.17) is 5.26 Å². The van der Waals surface area contributed by atoms with Gasteiger partial charge in [-0.2, -0.15) is 18.4 Å². The van der Waals surface area contributed by atoms with Gasteiger partial charge in [0, 0.05) is 10.9 Å². The highest BCUT2D eigenvalue weighted by Gasteiger charge is 2.31. The fraction of sp³-hybridized carbons (Fsp3) is 0.333. The number of benzene rings is 1. The molecule has 0 saturated heterocycles. The van der Waals surface area contributed by atoms with Crippen LogP contribution < -0.4 is 0 Å². The van der Waals surface area contributed by atoms with Crippen LogP contribution in [0.4, 0.5) is 13.2 Å². The van der Waals surface area contributed by atoms with Gasteiger partial charge in [0.1, 0.15) is 5.78 Å². The topological polar surface area (TPSA) is 40.9 Å². The van der Waals surface area contributed by atoms with Gasteiger partial charge in [-0.25, -0.2) is 0 Å². The molecule has 1 aromatic rings. The lowest BCUT2D eigenvalue weighted by molar-refractivity contribution is -0.137. The minimum atomic E-state index is -4.48. The molecule has 0 amide bonds. The van der Waals surface area contributed by atoms with E-state index >= 15 is 0 Å². The first-order valence-electron chi connectivity index (χ1n) is 5.00. The van der Waals surface area contributed by atoms with E-state index in [1.54, 1.807) is 0 Å². The summed E-state index contributed by atoms with van der Waals surface area (Å²) in [6.45, 7) is 1.30. The monoisotopic (exact) mass is 319 g/mol. The molecule has 0 aliphatic carbocycles. The van der Waals surface area contributed by atoms with Crippen molar-refractivity contribution in [3.05, 3.63) is 33.8 Å². The Morgan fingerprint density at radius 3 is 2.50 bits per heavy atom. The second kappa shape index (κ2) is 5.53. The van der Waals surface area contributed by atoms with Crippen LogP contribution in [0.3, 0.4) is 0 Å². The maximum Gasteiger partial charge on any atom is 0.416 e. The summed E-state index contributed by atoms with van der Waals surface area (Å²) < 4.78 is 38.1. The van der Waals surface area contributed by atoms with E-state index in [0.29, 0.717) is 0 Å². The number of halogens is 4. The van der Waals surface area contributed by atoms with E-state index in [9.17, 15) is 18.0 Å². The highest BCUT2D eigenvalue weighted by atomic mass is 79.9. The van der Waals surface area contributed by atoms with Crippen molar-refractivity contribution in [2.75, 3.05) is 0 Å². The molecule has 18 heavy (non-hydrogen) atoms. The molecular weight excluding hydrogens is 311 g/mol. The van der Waals surface area contributed by atoms with Crippen molar-refractivity contribution < 1.29 is 18.0 Å². The summed E-state index contributed by atoms with van der Waals surface area (Å²) in [4.78, 5) is 11.0. The lowest BCUT2D eigenvalue weighted by atomic mass is 9.94. The average molecular weight is 320 g/mol. The Morgan fingerprint density at radius 2 is 2.06 bits per heavy atom. The summed E-state index contributed by atoms with van der Waals surface area (Å²) in [6.07, 6.45) is -4.57. The maximum atomic E-state index is 12.6. The summed E-state index contributed by atoms with van der Waals surface area (Å²) in [6, 6.07) is 5.11. The largest absolute Gasteiger partial charge is 0.416 e. The SMILES string of the molecule is CC(=O)CC(C#N)c1cc(Br)cc(C(F)(F)F)c1. The van der Waals surface area contributed by atoms with Crippen molar-refractivity contribution in [3.8, 4) is 6.07 Å². The lowest BCUT2D eigenvalue weighted by Crippen LogP contribution is -2.08. The molecule has 1 aromatic carbocycles. The van der Waals surface area contributed by atoms with Gasteiger partial charge in [0.2, 0.25) is 0 Å². The minimum Gasteiger partial charge on any atom is -0.300 e. The highest BCUT2D eigenvalue weighted by Crippen LogP contribution is 2.34. The van der Waals surface area contributed by atoms with Gasteiger partial charge in [-0.3, -0.25) is 4.79 Å². The fourth-order valence-corrected chi connectivity index (χ4v) is 2.01. The van der Waals surface area contributed by atoms with Gasteiger partial charge in [-0.15, -0.1) is 0 Å². The van der Waals surface area contributed by atoms with Crippen molar-refractivity contribution in [2.45, 2.75) is 25.4 Å². The predicted octanol–water partition coefficient (Wildman–Crippen LogP) is 4.05. The Labute approximate surface area is 111 Å². The molecule has 0 aliphatic rings. The van der Waals surface area contributed by atoms with Gasteiger partial charge in [0.05, 0.1) is 17.6 Å². The Hall–Kier alpha value is -1.35. The second-order valence-corrected chi connectivity index (χ2v) is 4.77. The number of hydrogen-bond acceptors (Lipinski definition) is 2. The van der Waals surface area contributed by atoms with E-state index in [0.717, 1.165) is 12.1 Å². The van der Waals surface area contributed by atoms with Crippen LogP contribution in [0.25, 0.3) is 0 Å². The molecule has 0 aromatic heterocycles. The fourth-order valence-electron chi connectivity index (χ4n) is 1.50. The van der Waals surface area contributed by atoms with E-state index in [2.05, 4.69) is 15.9 Å². The number of hydrogen-bond donors (Lipinski definition) is 0. The molecule has 0 saturated carbocycles. The molecule has 0 N–H and O–H groups in total. The van der Waals surface area contributed by atoms with E-state index in [1.165, 1.54) is 13.0 Å². The number of nitrogens with zero attached hydrogens (tertiary/aromatic N) is 1. The zero-order chi connectivity index (χ0) is 13.9. The number of rotatable bonds is 3. The molecule has 0 radical (unpaired) electrons. The second-order valence-electron chi connectivity index (χ2n) is 3.86. The number of Topliss-reactive ketones (excluding diaryl/α,β-unsaturated/α-hetero) is 1. The van der Waals surface area contributed by atoms with Crippen molar-refractivity contribution in [1.29, 1.82) is 5.26 Å². The third kappa shape index (κ3) is 3.84. The molecule has 1 unspecified atom stereocenters. The quantitative estimate of drug-likeness (QED) is 0.843. The minimum absolute atomic E-state index is 0.0930. The maximum absolute atomic E-state index is 12.6. The van der Waals surface area contributed by atoms with E-state index < -0.39 is 17.7 Å². The zero-order valence-electron chi connectivity index (χ0n) is 9.38. The standard InChI is InChI=1S/C12H9BrF3NO/c1-7(18)2-9(6-17)8-3-10(12(14,15)16)5-11(13)4-8/h3-5,9H,2H2,1H3. The molecule has 6 heteroatoms. The normalized spacial score (nSPS) is 12.9. The van der Waals surface area contributed by atoms with Gasteiger partial charge in [0.25, 0.3) is 0 Å². The molecule has 2 nitrogen and oxygen atoms in total. The summed E-state index contributed by atoms with van der Waals surface area (Å²) in [5.74, 6) is -1.10. The number of alkyl halides is 3. The summed E-state index contributed by atoms with van der Waals surface area (Å²) in [5, 5.41) is 8.91. The number of carbonyl (C=O) groups is 1. The third-order valence-corrected chi connectivity index (χ3v) is 2.76. The molecule has 96 valence electrons. The van der Waals surface area contributed by atoms with Crippen LogP contribution in [-0.2, 0) is 11.0 Å². The molecule has 1 rings (SSSR count). The van der Waals surface area contributed by atoms with Crippen LogP contribution in [0.5, 0.6) is 0 Å². The summed E-state index contributed by atoms with van der Waals surface area (Å²) >= 11 is 2.97. The molecule has 0 fully saturated rings. The molecule has 0 aliphatic heterocycles. The van der Waals surface area contributed by atoms with Crippen LogP contribution >= 0.6 is 15.9 Å². The van der Waals surface area contributed by atoms with E-state index in [-0.39, 0.29) is 22.2 Å². The Bertz CT molecular complexity index is 505. The van der Waals surface area contributed by atoms with Gasteiger partial charge in [-0.1, -0.05) is 15.9 Å². The third-order valence-electron chi connectivity index (χ3n) is 2.30. The molecule has 0 heterocycles. The highest BCUT2D eigenvalue weighted by molar-refractivity contribution is 9.10. The smallest absolute Gasteiger partial charge is 0.300 e. The first-order chi connectivity index (χ1) is 8.24. The van der Waals surface area contributed by atoms with Crippen molar-refractivity contribution in [2.24, 2.45) is 0 Å². The van der Waals surface area contributed by atoms with Crippen LogP contribution in [0, 0.1) is 11.3 Å². The van der Waals surface area contributed by atoms with Gasteiger partial charge in [0.15, 0.2) is 0 Å². The molecule has 1 atom stereocenters. The Kier molecular flexibility index (Phi) is 4.52. The predicted molar refractivity (Wildman–Crippen MR) is 62.8 cm³/mol. The summed E-state index contributed by atoms with van der Waals surface area (Å²) in [5.41, 5.74) is -0.648. The number of ketones is 1. The van der Waals surface area contributed by atoms with Crippen LogP contribution in [0.15, 0.2) is 22.7 Å². The number of nitriles is 1. The zero-order valence-corrected chi connectivity index (χ0v) is 11.0. The van der Waals surface area contributed by atoms with Crippen LogP contribution in [0.2, 0.25) is 0 Å². The van der Waals surface area contributed by atoms with Gasteiger partial charge >= 0.3 is 6.18 Å². The first-order valence-corrected chi connectivity index (χ1v) is 5.80. The van der Waals surface area contributed by atoms with Gasteiger partial charge < -0.3 is 0 Å². The van der Waals surface area contributed by atoms with Gasteiger partial charge in [-0.05, 0) is 30.7 Å². The average Bonchev–Trinajstić information content (AvgIpc) is 2.23. The lowest BCUT2D eigenvalue weighted by Gasteiger charge is -2.12. The van der Waals surface area contributed by atoms with Crippen LogP contribution in [0.1, 0.15) is 30.4 Å². The molecular formula is C12H9BrF3NO. The molecule has 0 bridgehead atoms. The van der Waals surface area contributed by atoms with E-state index in [1.807, 2.05) is 6.07 Å². The van der Waals surface area contributed by atoms with Crippen molar-refractivity contribution >= 4 is 21.7 Å². The van der Waals surface area contributed by atoms with Crippen molar-refractivity contribution in [1.82, 2.24) is 0 Å². The van der Waals surface area contributed by atoms with Crippen LogP contribution in [-0.4, -0.2) is 5.78 Å². The summed E-state index contributed by atoms with van der Waals surface area (Å²) in [7, 11) is 0.